The molecule has 3 aromatic rings. The summed E-state index contributed by atoms with van der Waals surface area (Å²) in [5.74, 6) is -0.471. The number of halogens is 4. The van der Waals surface area contributed by atoms with Gasteiger partial charge in [0.25, 0.3) is 0 Å². The molecule has 0 fully saturated rings. The molecule has 0 aliphatic carbocycles. The fourth-order valence-electron chi connectivity index (χ4n) is 2.34. The average molecular weight is 417 g/mol. The van der Waals surface area contributed by atoms with Gasteiger partial charge in [-0.2, -0.15) is 18.3 Å². The maximum absolute atomic E-state index is 12.9. The van der Waals surface area contributed by atoms with E-state index in [4.69, 9.17) is 17.3 Å². The summed E-state index contributed by atoms with van der Waals surface area (Å²) in [5, 5.41) is 9.00. The van der Waals surface area contributed by atoms with E-state index in [0.29, 0.717) is 5.02 Å². The Bertz CT molecular complexity index is 1080. The van der Waals surface area contributed by atoms with E-state index in [1.807, 2.05) is 0 Å². The molecule has 142 valence electrons. The number of nitrogens with one attached hydrogen (secondary N) is 2. The van der Waals surface area contributed by atoms with Gasteiger partial charge >= 0.3 is 6.18 Å². The van der Waals surface area contributed by atoms with Crippen LogP contribution in [0.3, 0.4) is 0 Å². The van der Waals surface area contributed by atoms with E-state index in [-0.39, 0.29) is 27.1 Å². The van der Waals surface area contributed by atoms with Gasteiger partial charge in [0.05, 0.1) is 10.5 Å². The van der Waals surface area contributed by atoms with Crippen LogP contribution in [0.1, 0.15) is 5.56 Å². The highest BCUT2D eigenvalue weighted by molar-refractivity contribution is 7.91. The Labute approximate surface area is 157 Å². The third-order valence-corrected chi connectivity index (χ3v) is 5.69. The van der Waals surface area contributed by atoms with Crippen molar-refractivity contribution in [1.82, 2.24) is 10.2 Å². The number of hydrogen-bond donors (Lipinski definition) is 3. The third-order valence-electron chi connectivity index (χ3n) is 3.59. The highest BCUT2D eigenvalue weighted by atomic mass is 35.5. The minimum Gasteiger partial charge on any atom is -0.383 e. The van der Waals surface area contributed by atoms with Crippen LogP contribution >= 0.6 is 11.6 Å². The van der Waals surface area contributed by atoms with Crippen LogP contribution in [0.5, 0.6) is 0 Å². The molecule has 4 N–H and O–H groups in total. The lowest BCUT2D eigenvalue weighted by Gasteiger charge is -2.11. The van der Waals surface area contributed by atoms with Crippen molar-refractivity contribution in [1.29, 1.82) is 0 Å². The Morgan fingerprint density at radius 1 is 1.11 bits per heavy atom. The molecule has 6 nitrogen and oxygen atoms in total. The fraction of sp³-hybridized carbons (Fsp3) is 0.0625. The minimum atomic E-state index is -4.54. The van der Waals surface area contributed by atoms with Crippen molar-refractivity contribution in [3.8, 4) is 0 Å². The number of nitrogens with zero attached hydrogens (tertiary/aromatic N) is 1. The van der Waals surface area contributed by atoms with Gasteiger partial charge in [0, 0.05) is 10.7 Å². The average Bonchev–Trinajstić information content (AvgIpc) is 2.96. The number of sulfone groups is 1. The Morgan fingerprint density at radius 2 is 1.78 bits per heavy atom. The zero-order valence-electron chi connectivity index (χ0n) is 13.4. The van der Waals surface area contributed by atoms with Crippen molar-refractivity contribution in [2.45, 2.75) is 16.0 Å². The van der Waals surface area contributed by atoms with Crippen molar-refractivity contribution in [3.63, 3.8) is 0 Å². The number of hydrogen-bond acceptors (Lipinski definition) is 5. The molecular formula is C16H12ClF3N4O2S. The maximum atomic E-state index is 12.9. The zero-order chi connectivity index (χ0) is 19.8. The van der Waals surface area contributed by atoms with Crippen molar-refractivity contribution >= 4 is 38.8 Å². The van der Waals surface area contributed by atoms with Crippen molar-refractivity contribution in [2.75, 3.05) is 11.1 Å². The first kappa shape index (κ1) is 19.1. The van der Waals surface area contributed by atoms with Crippen LogP contribution in [-0.4, -0.2) is 18.6 Å². The molecule has 0 aliphatic rings. The lowest BCUT2D eigenvalue weighted by Crippen LogP contribution is -2.08. The van der Waals surface area contributed by atoms with E-state index < -0.39 is 21.6 Å². The number of aromatic amines is 1. The number of rotatable bonds is 4. The van der Waals surface area contributed by atoms with E-state index in [1.165, 1.54) is 36.4 Å². The predicted molar refractivity (Wildman–Crippen MR) is 94.6 cm³/mol. The summed E-state index contributed by atoms with van der Waals surface area (Å²) in [6.07, 6.45) is -4.54. The predicted octanol–water partition coefficient (Wildman–Crippen LogP) is 4.24. The Hall–Kier alpha value is -2.72. The first-order chi connectivity index (χ1) is 12.6. The zero-order valence-corrected chi connectivity index (χ0v) is 15.0. The smallest absolute Gasteiger partial charge is 0.383 e. The number of aromatic nitrogens is 2. The quantitative estimate of drug-likeness (QED) is 0.590. The van der Waals surface area contributed by atoms with Crippen LogP contribution in [0.4, 0.5) is 30.5 Å². The molecule has 0 radical (unpaired) electrons. The number of H-pyrrole nitrogens is 1. The fourth-order valence-corrected chi connectivity index (χ4v) is 3.89. The number of alkyl halides is 3. The van der Waals surface area contributed by atoms with Crippen LogP contribution in [-0.2, 0) is 16.0 Å². The second kappa shape index (κ2) is 6.78. The van der Waals surface area contributed by atoms with Gasteiger partial charge in [-0.3, -0.25) is 5.10 Å². The second-order valence-corrected chi connectivity index (χ2v) is 7.80. The van der Waals surface area contributed by atoms with Crippen molar-refractivity contribution in [2.24, 2.45) is 0 Å². The maximum Gasteiger partial charge on any atom is 0.416 e. The van der Waals surface area contributed by atoms with Gasteiger partial charge in [-0.25, -0.2) is 8.42 Å². The molecule has 2 aromatic carbocycles. The van der Waals surface area contributed by atoms with Gasteiger partial charge in [-0.1, -0.05) is 17.7 Å². The molecule has 0 atom stereocenters. The molecule has 0 bridgehead atoms. The molecule has 0 spiro atoms. The molecule has 0 saturated heterocycles. The molecule has 27 heavy (non-hydrogen) atoms. The van der Waals surface area contributed by atoms with E-state index >= 15 is 0 Å². The van der Waals surface area contributed by atoms with Crippen LogP contribution in [0, 0.1) is 0 Å². The van der Waals surface area contributed by atoms with Gasteiger partial charge in [-0.05, 0) is 42.5 Å². The van der Waals surface area contributed by atoms with Crippen LogP contribution in [0.2, 0.25) is 5.02 Å². The molecular weight excluding hydrogens is 405 g/mol. The molecule has 11 heteroatoms. The second-order valence-electron chi connectivity index (χ2n) is 5.48. The summed E-state index contributed by atoms with van der Waals surface area (Å²) in [6.45, 7) is 0. The number of anilines is 3. The third kappa shape index (κ3) is 3.86. The van der Waals surface area contributed by atoms with Crippen LogP contribution in [0.15, 0.2) is 58.3 Å². The standard InChI is InChI=1S/C16H12ClF3N4O2S/c17-10-4-6-12(7-5-10)27(25,26)13-14(21)23-24-15(13)22-11-3-1-2-9(8-11)16(18,19)20/h1-8H,(H4,21,22,23,24). The van der Waals surface area contributed by atoms with E-state index in [2.05, 4.69) is 15.5 Å². The molecule has 1 aromatic heterocycles. The van der Waals surface area contributed by atoms with Gasteiger partial charge in [0.1, 0.15) is 5.82 Å². The normalized spacial score (nSPS) is 12.1. The monoisotopic (exact) mass is 416 g/mol. The molecule has 0 aliphatic heterocycles. The summed E-state index contributed by atoms with van der Waals surface area (Å²) in [5.41, 5.74) is 4.82. The summed E-state index contributed by atoms with van der Waals surface area (Å²) >= 11 is 5.77. The van der Waals surface area contributed by atoms with E-state index in [9.17, 15) is 21.6 Å². The molecule has 0 saturated carbocycles. The summed E-state index contributed by atoms with van der Waals surface area (Å²) in [7, 11) is -4.09. The van der Waals surface area contributed by atoms with Crippen LogP contribution < -0.4 is 11.1 Å². The molecule has 0 unspecified atom stereocenters. The van der Waals surface area contributed by atoms with Gasteiger partial charge in [0.2, 0.25) is 9.84 Å². The largest absolute Gasteiger partial charge is 0.416 e. The summed E-state index contributed by atoms with van der Waals surface area (Å²) in [4.78, 5) is -0.464. The van der Waals surface area contributed by atoms with Crippen molar-refractivity contribution < 1.29 is 21.6 Å². The SMILES string of the molecule is Nc1[nH]nc(Nc2cccc(C(F)(F)F)c2)c1S(=O)(=O)c1ccc(Cl)cc1. The highest BCUT2D eigenvalue weighted by Gasteiger charge is 2.31. The summed E-state index contributed by atoms with van der Waals surface area (Å²) in [6, 6.07) is 9.64. The molecule has 3 rings (SSSR count). The Kier molecular flexibility index (Phi) is 4.79. The number of benzene rings is 2. The lowest BCUT2D eigenvalue weighted by atomic mass is 10.2. The van der Waals surface area contributed by atoms with E-state index in [0.717, 1.165) is 12.1 Å². The van der Waals surface area contributed by atoms with E-state index in [1.54, 1.807) is 0 Å². The minimum absolute atomic E-state index is 0.00359. The Balaban J connectivity index is 2.02. The number of nitrogen functional groups attached to an aromatic ring is 1. The topological polar surface area (TPSA) is 101 Å². The number of nitrogens with two attached hydrogens (primary N) is 1. The van der Waals surface area contributed by atoms with Crippen molar-refractivity contribution in [3.05, 3.63) is 59.1 Å². The van der Waals surface area contributed by atoms with Gasteiger partial charge in [0.15, 0.2) is 10.7 Å². The summed E-state index contributed by atoms with van der Waals surface area (Å²) < 4.78 is 64.3. The first-order valence-corrected chi connectivity index (χ1v) is 9.24. The highest BCUT2D eigenvalue weighted by Crippen LogP contribution is 2.35. The van der Waals surface area contributed by atoms with Gasteiger partial charge < -0.3 is 11.1 Å². The molecule has 0 amide bonds. The lowest BCUT2D eigenvalue weighted by molar-refractivity contribution is -0.137. The molecule has 1 heterocycles. The van der Waals surface area contributed by atoms with Crippen LogP contribution in [0.25, 0.3) is 0 Å². The van der Waals surface area contributed by atoms with Gasteiger partial charge in [-0.15, -0.1) is 0 Å². The first-order valence-electron chi connectivity index (χ1n) is 7.38. The Morgan fingerprint density at radius 3 is 2.41 bits per heavy atom.